The highest BCUT2D eigenvalue weighted by molar-refractivity contribution is 7.91. The third-order valence-corrected chi connectivity index (χ3v) is 7.21. The second-order valence-corrected chi connectivity index (χ2v) is 10.1. The van der Waals surface area contributed by atoms with E-state index in [4.69, 9.17) is 9.47 Å². The third-order valence-electron chi connectivity index (χ3n) is 5.48. The number of rotatable bonds is 12. The van der Waals surface area contributed by atoms with E-state index in [2.05, 4.69) is 5.32 Å². The van der Waals surface area contributed by atoms with Crippen molar-refractivity contribution in [2.24, 2.45) is 5.92 Å². The minimum absolute atomic E-state index is 0.0165. The molecule has 0 spiro atoms. The molecule has 2 rings (SSSR count). The maximum Gasteiger partial charge on any atom is 0.326 e. The summed E-state index contributed by atoms with van der Waals surface area (Å²) >= 11 is 0. The Morgan fingerprint density at radius 3 is 2.53 bits per heavy atom. The molecule has 2 unspecified atom stereocenters. The van der Waals surface area contributed by atoms with Crippen molar-refractivity contribution in [3.8, 4) is 11.5 Å². The quantitative estimate of drug-likeness (QED) is 0.450. The second kappa shape index (κ2) is 11.2. The maximum absolute atomic E-state index is 12.5. The molecule has 2 atom stereocenters. The average molecular weight is 471 g/mol. The van der Waals surface area contributed by atoms with Gasteiger partial charge in [0.25, 0.3) is 0 Å². The van der Waals surface area contributed by atoms with Crippen molar-refractivity contribution < 1.29 is 37.4 Å². The predicted molar refractivity (Wildman–Crippen MR) is 116 cm³/mol. The lowest BCUT2D eigenvalue weighted by atomic mass is 10.1. The smallest absolute Gasteiger partial charge is 0.326 e. The summed E-state index contributed by atoms with van der Waals surface area (Å²) in [5, 5.41) is 11.7. The predicted octanol–water partition coefficient (Wildman–Crippen LogP) is 0.489. The number of nitrogens with zero attached hydrogens (tertiary/aromatic N) is 1. The van der Waals surface area contributed by atoms with E-state index in [0.717, 1.165) is 5.56 Å². The standard InChI is InChI=1S/C21H30N2O8S/c1-4-32(28,29)10-8-16(21(26)27)22-20(25)15-12-19(24)23(13-15)9-7-14-5-6-17(30-2)18(11-14)31-3/h5-6,11,15-16H,4,7-10,12-13H2,1-3H3,(H,22,25)(H,26,27). The molecule has 0 radical (unpaired) electrons. The average Bonchev–Trinajstić information content (AvgIpc) is 3.15. The Morgan fingerprint density at radius 1 is 1.25 bits per heavy atom. The Balaban J connectivity index is 1.93. The fourth-order valence-corrected chi connectivity index (χ4v) is 4.34. The van der Waals surface area contributed by atoms with Gasteiger partial charge in [-0.05, 0) is 30.5 Å². The molecule has 0 aromatic heterocycles. The number of carbonyl (C=O) groups is 3. The van der Waals surface area contributed by atoms with Crippen LogP contribution >= 0.6 is 0 Å². The first kappa shape index (κ1) is 25.4. The van der Waals surface area contributed by atoms with Crippen molar-refractivity contribution in [2.45, 2.75) is 32.2 Å². The van der Waals surface area contributed by atoms with Crippen molar-refractivity contribution in [1.82, 2.24) is 10.2 Å². The van der Waals surface area contributed by atoms with Crippen LogP contribution in [0.4, 0.5) is 0 Å². The molecule has 1 heterocycles. The molecule has 1 fully saturated rings. The third kappa shape index (κ3) is 6.84. The highest BCUT2D eigenvalue weighted by Crippen LogP contribution is 2.28. The van der Waals surface area contributed by atoms with Gasteiger partial charge < -0.3 is 24.8 Å². The van der Waals surface area contributed by atoms with Crippen LogP contribution < -0.4 is 14.8 Å². The molecule has 2 amide bonds. The largest absolute Gasteiger partial charge is 0.493 e. The molecule has 1 aromatic rings. The lowest BCUT2D eigenvalue weighted by Gasteiger charge is -2.19. The van der Waals surface area contributed by atoms with Crippen LogP contribution in [-0.2, 0) is 30.6 Å². The van der Waals surface area contributed by atoms with E-state index in [0.29, 0.717) is 24.5 Å². The number of nitrogens with one attached hydrogen (secondary N) is 1. The number of hydrogen-bond acceptors (Lipinski definition) is 7. The number of aliphatic carboxylic acids is 1. The monoisotopic (exact) mass is 470 g/mol. The van der Waals surface area contributed by atoms with E-state index in [1.807, 2.05) is 12.1 Å². The van der Waals surface area contributed by atoms with E-state index < -0.39 is 33.7 Å². The first-order valence-electron chi connectivity index (χ1n) is 10.3. The van der Waals surface area contributed by atoms with Crippen LogP contribution in [0.2, 0.25) is 0 Å². The van der Waals surface area contributed by atoms with Gasteiger partial charge in [0.15, 0.2) is 11.5 Å². The molecule has 178 valence electrons. The van der Waals surface area contributed by atoms with Crippen molar-refractivity contribution in [1.29, 1.82) is 0 Å². The summed E-state index contributed by atoms with van der Waals surface area (Å²) in [5.74, 6) is -1.98. The van der Waals surface area contributed by atoms with Gasteiger partial charge in [0.2, 0.25) is 11.8 Å². The number of ether oxygens (including phenoxy) is 2. The number of likely N-dealkylation sites (tertiary alicyclic amines) is 1. The lowest BCUT2D eigenvalue weighted by Crippen LogP contribution is -2.45. The Labute approximate surface area is 187 Å². The number of amides is 2. The fourth-order valence-electron chi connectivity index (χ4n) is 3.45. The van der Waals surface area contributed by atoms with Crippen molar-refractivity contribution in [2.75, 3.05) is 38.8 Å². The molecule has 1 aliphatic heterocycles. The number of benzene rings is 1. The van der Waals surface area contributed by atoms with Gasteiger partial charge in [0.05, 0.1) is 25.9 Å². The molecule has 2 N–H and O–H groups in total. The number of carbonyl (C=O) groups excluding carboxylic acids is 2. The molecule has 0 saturated carbocycles. The van der Waals surface area contributed by atoms with Gasteiger partial charge >= 0.3 is 5.97 Å². The molecular weight excluding hydrogens is 440 g/mol. The number of carboxylic acids is 1. The summed E-state index contributed by atoms with van der Waals surface area (Å²) in [5.41, 5.74) is 0.937. The minimum atomic E-state index is -3.36. The first-order chi connectivity index (χ1) is 15.1. The number of hydrogen-bond donors (Lipinski definition) is 2. The summed E-state index contributed by atoms with van der Waals surface area (Å²) in [4.78, 5) is 37.9. The van der Waals surface area contributed by atoms with Crippen LogP contribution in [0.5, 0.6) is 11.5 Å². The van der Waals surface area contributed by atoms with E-state index in [-0.39, 0.29) is 36.8 Å². The van der Waals surface area contributed by atoms with Gasteiger partial charge in [-0.15, -0.1) is 0 Å². The second-order valence-electron chi connectivity index (χ2n) is 7.60. The number of sulfone groups is 1. The molecule has 1 aromatic carbocycles. The van der Waals surface area contributed by atoms with Gasteiger partial charge in [-0.25, -0.2) is 13.2 Å². The topological polar surface area (TPSA) is 139 Å². The van der Waals surface area contributed by atoms with Crippen LogP contribution in [0, 0.1) is 5.92 Å². The summed E-state index contributed by atoms with van der Waals surface area (Å²) in [6.07, 6.45) is 0.311. The highest BCUT2D eigenvalue weighted by atomic mass is 32.2. The van der Waals surface area contributed by atoms with Crippen LogP contribution in [0.15, 0.2) is 18.2 Å². The highest BCUT2D eigenvalue weighted by Gasteiger charge is 2.35. The molecule has 1 saturated heterocycles. The summed E-state index contributed by atoms with van der Waals surface area (Å²) in [6.45, 7) is 2.05. The van der Waals surface area contributed by atoms with Gasteiger partial charge in [0.1, 0.15) is 15.9 Å². The Bertz CT molecular complexity index is 947. The molecule has 11 heteroatoms. The van der Waals surface area contributed by atoms with E-state index in [9.17, 15) is 27.9 Å². The Morgan fingerprint density at radius 2 is 1.94 bits per heavy atom. The van der Waals surface area contributed by atoms with Gasteiger partial charge in [-0.1, -0.05) is 13.0 Å². The molecular formula is C21H30N2O8S. The summed E-state index contributed by atoms with van der Waals surface area (Å²) in [7, 11) is -0.274. The SMILES string of the molecule is CCS(=O)(=O)CCC(NC(=O)C1CC(=O)N(CCc2ccc(OC)c(OC)c2)C1)C(=O)O. The fraction of sp³-hybridized carbons (Fsp3) is 0.571. The lowest BCUT2D eigenvalue weighted by molar-refractivity contribution is -0.142. The van der Waals surface area contributed by atoms with Gasteiger partial charge in [-0.2, -0.15) is 0 Å². The molecule has 32 heavy (non-hydrogen) atoms. The van der Waals surface area contributed by atoms with Crippen molar-refractivity contribution >= 4 is 27.6 Å². The zero-order valence-electron chi connectivity index (χ0n) is 18.5. The zero-order valence-corrected chi connectivity index (χ0v) is 19.3. The first-order valence-corrected chi connectivity index (χ1v) is 12.1. The number of methoxy groups -OCH3 is 2. The van der Waals surface area contributed by atoms with Crippen molar-refractivity contribution in [3.05, 3.63) is 23.8 Å². The maximum atomic E-state index is 12.5. The van der Waals surface area contributed by atoms with E-state index in [1.54, 1.807) is 18.1 Å². The van der Waals surface area contributed by atoms with Gasteiger partial charge in [-0.3, -0.25) is 9.59 Å². The number of carboxylic acid groups (broad SMARTS) is 1. The van der Waals surface area contributed by atoms with E-state index >= 15 is 0 Å². The van der Waals surface area contributed by atoms with Crippen LogP contribution in [-0.4, -0.2) is 81.1 Å². The molecule has 0 bridgehead atoms. The Hall–Kier alpha value is -2.82. The van der Waals surface area contributed by atoms with Crippen LogP contribution in [0.25, 0.3) is 0 Å². The normalized spacial score (nSPS) is 17.2. The zero-order chi connectivity index (χ0) is 23.9. The summed E-state index contributed by atoms with van der Waals surface area (Å²) in [6, 6.07) is 4.15. The van der Waals surface area contributed by atoms with E-state index in [1.165, 1.54) is 14.0 Å². The van der Waals surface area contributed by atoms with Gasteiger partial charge in [0, 0.05) is 25.3 Å². The van der Waals surface area contributed by atoms with Crippen molar-refractivity contribution in [3.63, 3.8) is 0 Å². The van der Waals surface area contributed by atoms with Crippen LogP contribution in [0.1, 0.15) is 25.3 Å². The summed E-state index contributed by atoms with van der Waals surface area (Å²) < 4.78 is 33.8. The molecule has 0 aliphatic carbocycles. The molecule has 1 aliphatic rings. The Kier molecular flexibility index (Phi) is 8.88. The van der Waals surface area contributed by atoms with Crippen LogP contribution in [0.3, 0.4) is 0 Å². The minimum Gasteiger partial charge on any atom is -0.493 e. The molecule has 10 nitrogen and oxygen atoms in total.